The van der Waals surface area contributed by atoms with Crippen LogP contribution in [0.1, 0.15) is 0 Å². The fourth-order valence-electron chi connectivity index (χ4n) is 0.395. The van der Waals surface area contributed by atoms with Crippen LogP contribution >= 0.6 is 12.0 Å². The molecule has 2 N–H and O–H groups in total. The Bertz CT molecular complexity index is 145. The third kappa shape index (κ3) is 7.81. The van der Waals surface area contributed by atoms with Gasteiger partial charge in [0.15, 0.2) is 0 Å². The molecular formula is C5H12N2O5S. The molecule has 0 saturated heterocycles. The molecule has 0 fully saturated rings. The van der Waals surface area contributed by atoms with Gasteiger partial charge in [-0.3, -0.25) is 5.21 Å². The first-order valence-corrected chi connectivity index (χ1v) is 4.29. The van der Waals surface area contributed by atoms with Crippen molar-refractivity contribution in [3.63, 3.8) is 0 Å². The first-order valence-electron chi connectivity index (χ1n) is 3.38. The van der Waals surface area contributed by atoms with Crippen molar-refractivity contribution in [3.05, 3.63) is 0 Å². The Morgan fingerprint density at radius 1 is 1.69 bits per heavy atom. The summed E-state index contributed by atoms with van der Waals surface area (Å²) in [4.78, 5) is 14.8. The van der Waals surface area contributed by atoms with E-state index in [4.69, 9.17) is 5.21 Å². The van der Waals surface area contributed by atoms with Crippen LogP contribution in [0.2, 0.25) is 0 Å². The van der Waals surface area contributed by atoms with Crippen molar-refractivity contribution in [2.75, 3.05) is 26.5 Å². The number of urea groups is 1. The minimum atomic E-state index is -0.576. The fourth-order valence-corrected chi connectivity index (χ4v) is 0.744. The highest BCUT2D eigenvalue weighted by molar-refractivity contribution is 7.94. The molecule has 8 heteroatoms. The topological polar surface area (TPSA) is 80.3 Å². The van der Waals surface area contributed by atoms with Gasteiger partial charge in [-0.2, -0.15) is 0 Å². The quantitative estimate of drug-likeness (QED) is 0.215. The lowest BCUT2D eigenvalue weighted by Gasteiger charge is -2.08. The molecule has 0 unspecified atom stereocenters. The van der Waals surface area contributed by atoms with Crippen molar-refractivity contribution in [1.82, 2.24) is 10.4 Å². The van der Waals surface area contributed by atoms with Crippen LogP contribution in [0.3, 0.4) is 0 Å². The highest BCUT2D eigenvalue weighted by Crippen LogP contribution is 2.00. The Labute approximate surface area is 79.9 Å². The normalized spacial score (nSPS) is 9.77. The summed E-state index contributed by atoms with van der Waals surface area (Å²) in [6.45, 7) is 0.349. The first-order chi connectivity index (χ1) is 6.18. The molecule has 7 nitrogen and oxygen atoms in total. The van der Waals surface area contributed by atoms with E-state index >= 15 is 0 Å². The summed E-state index contributed by atoms with van der Waals surface area (Å²) in [5, 5.41) is 15.5. The lowest BCUT2D eigenvalue weighted by atomic mass is 10.7. The van der Waals surface area contributed by atoms with Crippen LogP contribution in [0, 0.1) is 0 Å². The van der Waals surface area contributed by atoms with Gasteiger partial charge < -0.3 is 5.32 Å². The SMILES string of the molecule is COOOSCCNC(=O)N(C)O. The molecule has 0 radical (unpaired) electrons. The number of nitrogens with zero attached hydrogens (tertiary/aromatic N) is 1. The van der Waals surface area contributed by atoms with Gasteiger partial charge in [0.25, 0.3) is 0 Å². The van der Waals surface area contributed by atoms with Crippen molar-refractivity contribution in [3.8, 4) is 0 Å². The highest BCUT2D eigenvalue weighted by Gasteiger charge is 2.02. The van der Waals surface area contributed by atoms with Gasteiger partial charge in [-0.15, -0.1) is 4.33 Å². The fraction of sp³-hybridized carbons (Fsp3) is 0.800. The zero-order chi connectivity index (χ0) is 10.1. The van der Waals surface area contributed by atoms with Crippen molar-refractivity contribution >= 4 is 18.1 Å². The summed E-state index contributed by atoms with van der Waals surface area (Å²) in [6.07, 6.45) is 0. The number of hydrogen-bond acceptors (Lipinski definition) is 6. The van der Waals surface area contributed by atoms with Gasteiger partial charge in [-0.25, -0.2) is 14.7 Å². The van der Waals surface area contributed by atoms with E-state index in [1.165, 1.54) is 14.2 Å². The zero-order valence-corrected chi connectivity index (χ0v) is 8.17. The van der Waals surface area contributed by atoms with E-state index < -0.39 is 6.03 Å². The van der Waals surface area contributed by atoms with E-state index in [0.29, 0.717) is 17.4 Å². The molecule has 2 amide bonds. The second-order valence-electron chi connectivity index (χ2n) is 1.88. The van der Waals surface area contributed by atoms with E-state index in [-0.39, 0.29) is 0 Å². The Morgan fingerprint density at radius 3 is 2.92 bits per heavy atom. The molecule has 0 rings (SSSR count). The molecule has 0 saturated carbocycles. The van der Waals surface area contributed by atoms with Crippen molar-refractivity contribution in [1.29, 1.82) is 0 Å². The summed E-state index contributed by atoms with van der Waals surface area (Å²) in [5.41, 5.74) is 0. The van der Waals surface area contributed by atoms with Crippen molar-refractivity contribution < 1.29 is 24.3 Å². The number of carbonyl (C=O) groups is 1. The number of hydroxylamine groups is 2. The predicted molar refractivity (Wildman–Crippen MR) is 44.6 cm³/mol. The zero-order valence-electron chi connectivity index (χ0n) is 7.35. The van der Waals surface area contributed by atoms with Crippen LogP contribution in [0.4, 0.5) is 4.79 Å². The molecular weight excluding hydrogens is 200 g/mol. The monoisotopic (exact) mass is 212 g/mol. The highest BCUT2D eigenvalue weighted by atomic mass is 32.2. The van der Waals surface area contributed by atoms with Crippen LogP contribution in [-0.4, -0.2) is 42.8 Å². The molecule has 0 aliphatic rings. The molecule has 0 aromatic rings. The summed E-state index contributed by atoms with van der Waals surface area (Å²) >= 11 is 0.969. The lowest BCUT2D eigenvalue weighted by Crippen LogP contribution is -2.36. The Hall–Kier alpha value is -0.540. The lowest BCUT2D eigenvalue weighted by molar-refractivity contribution is -0.447. The number of nitrogens with one attached hydrogen (secondary N) is 1. The summed E-state index contributed by atoms with van der Waals surface area (Å²) in [5.74, 6) is 0.475. The predicted octanol–water partition coefficient (Wildman–Crippen LogP) is 0.175. The smallest absolute Gasteiger partial charge is 0.335 e. The van der Waals surface area contributed by atoms with E-state index in [1.54, 1.807) is 0 Å². The number of amides is 2. The van der Waals surface area contributed by atoms with E-state index in [0.717, 1.165) is 12.0 Å². The molecule has 0 aliphatic heterocycles. The molecule has 0 aliphatic carbocycles. The molecule has 0 aromatic heterocycles. The van der Waals surface area contributed by atoms with Gasteiger partial charge in [0.1, 0.15) is 0 Å². The van der Waals surface area contributed by atoms with E-state index in [2.05, 4.69) is 19.6 Å². The molecule has 0 aromatic carbocycles. The van der Waals surface area contributed by atoms with Crippen LogP contribution in [0.5, 0.6) is 0 Å². The van der Waals surface area contributed by atoms with Gasteiger partial charge in [0.2, 0.25) is 0 Å². The second-order valence-corrected chi connectivity index (χ2v) is 2.66. The summed E-state index contributed by atoms with van der Waals surface area (Å²) in [6, 6.07) is -0.576. The average molecular weight is 212 g/mol. The van der Waals surface area contributed by atoms with Crippen LogP contribution in [0.15, 0.2) is 0 Å². The van der Waals surface area contributed by atoms with E-state index in [9.17, 15) is 4.79 Å². The number of rotatable bonds is 6. The van der Waals surface area contributed by atoms with Gasteiger partial charge in [0, 0.05) is 31.4 Å². The van der Waals surface area contributed by atoms with Crippen molar-refractivity contribution in [2.24, 2.45) is 0 Å². The van der Waals surface area contributed by atoms with Crippen LogP contribution in [0.25, 0.3) is 0 Å². The number of carbonyl (C=O) groups excluding carboxylic acids is 1. The molecule has 78 valence electrons. The largest absolute Gasteiger partial charge is 0.340 e. The maximum absolute atomic E-state index is 10.7. The molecule has 0 bridgehead atoms. The third-order valence-corrected chi connectivity index (χ3v) is 1.42. The second kappa shape index (κ2) is 8.08. The van der Waals surface area contributed by atoms with E-state index in [1.807, 2.05) is 0 Å². The minimum absolute atomic E-state index is 0.349. The molecule has 0 heterocycles. The Balaban J connectivity index is 3.12. The maximum Gasteiger partial charge on any atom is 0.340 e. The first kappa shape index (κ1) is 12.5. The maximum atomic E-state index is 10.7. The standard InChI is InChI=1S/C5H12N2O5S/c1-7(9)5(8)6-3-4-13-12-11-10-2/h9H,3-4H2,1-2H3,(H,6,8). The Kier molecular flexibility index (Phi) is 7.74. The van der Waals surface area contributed by atoms with Gasteiger partial charge in [-0.1, -0.05) is 5.04 Å². The Morgan fingerprint density at radius 2 is 2.38 bits per heavy atom. The molecule has 0 atom stereocenters. The van der Waals surface area contributed by atoms with Crippen LogP contribution < -0.4 is 5.32 Å². The van der Waals surface area contributed by atoms with Crippen molar-refractivity contribution in [2.45, 2.75) is 0 Å². The summed E-state index contributed by atoms with van der Waals surface area (Å²) < 4.78 is 4.39. The minimum Gasteiger partial charge on any atom is -0.335 e. The third-order valence-electron chi connectivity index (χ3n) is 0.899. The molecule has 13 heavy (non-hydrogen) atoms. The average Bonchev–Trinajstić information content (AvgIpc) is 2.10. The number of hydrogen-bond donors (Lipinski definition) is 2. The van der Waals surface area contributed by atoms with Gasteiger partial charge in [0.05, 0.1) is 7.11 Å². The van der Waals surface area contributed by atoms with Gasteiger partial charge in [-0.05, 0) is 0 Å². The summed E-state index contributed by atoms with van der Waals surface area (Å²) in [7, 11) is 2.54. The molecule has 0 spiro atoms. The van der Waals surface area contributed by atoms with Crippen LogP contribution in [-0.2, 0) is 14.3 Å². The van der Waals surface area contributed by atoms with Gasteiger partial charge >= 0.3 is 6.03 Å².